The molecule has 0 aliphatic rings. The van der Waals surface area contributed by atoms with Gasteiger partial charge in [0.05, 0.1) is 13.2 Å². The molecule has 0 fully saturated rings. The van der Waals surface area contributed by atoms with Gasteiger partial charge in [-0.15, -0.1) is 0 Å². The lowest BCUT2D eigenvalue weighted by atomic mass is 9.87. The van der Waals surface area contributed by atoms with Crippen LogP contribution in [-0.4, -0.2) is 18.8 Å². The van der Waals surface area contributed by atoms with Crippen LogP contribution in [0.3, 0.4) is 0 Å². The summed E-state index contributed by atoms with van der Waals surface area (Å²) in [5, 5.41) is 11.3. The number of rotatable bonds is 5. The van der Waals surface area contributed by atoms with Crippen molar-refractivity contribution in [3.05, 3.63) is 64.2 Å². The third kappa shape index (κ3) is 3.38. The van der Waals surface area contributed by atoms with E-state index in [-0.39, 0.29) is 5.92 Å². The number of hydrogen-bond donors (Lipinski definition) is 2. The second kappa shape index (κ2) is 6.94. The van der Waals surface area contributed by atoms with Gasteiger partial charge in [0.15, 0.2) is 0 Å². The highest BCUT2D eigenvalue weighted by Crippen LogP contribution is 2.37. The van der Waals surface area contributed by atoms with Crippen molar-refractivity contribution >= 4 is 11.6 Å². The van der Waals surface area contributed by atoms with E-state index in [1.807, 2.05) is 31.2 Å². The van der Waals surface area contributed by atoms with E-state index in [1.165, 1.54) is 0 Å². The number of ether oxygens (including phenoxy) is 1. The highest BCUT2D eigenvalue weighted by Gasteiger charge is 2.25. The van der Waals surface area contributed by atoms with Crippen LogP contribution in [0, 0.1) is 6.92 Å². The van der Waals surface area contributed by atoms with Gasteiger partial charge in [0.2, 0.25) is 0 Å². The fraction of sp³-hybridized carbons (Fsp3) is 0.294. The lowest BCUT2D eigenvalue weighted by Crippen LogP contribution is -2.21. The Morgan fingerprint density at radius 3 is 2.52 bits per heavy atom. The van der Waals surface area contributed by atoms with E-state index in [2.05, 4.69) is 0 Å². The maximum atomic E-state index is 10.7. The van der Waals surface area contributed by atoms with Crippen LogP contribution in [0.1, 0.15) is 28.7 Å². The van der Waals surface area contributed by atoms with Crippen molar-refractivity contribution in [1.29, 1.82) is 0 Å². The normalized spacial score (nSPS) is 13.8. The van der Waals surface area contributed by atoms with Crippen LogP contribution in [-0.2, 0) is 0 Å². The third-order valence-corrected chi connectivity index (χ3v) is 3.97. The summed E-state index contributed by atoms with van der Waals surface area (Å²) < 4.78 is 5.37. The smallest absolute Gasteiger partial charge is 0.122 e. The van der Waals surface area contributed by atoms with E-state index in [0.29, 0.717) is 17.3 Å². The van der Waals surface area contributed by atoms with Crippen molar-refractivity contribution in [2.45, 2.75) is 18.9 Å². The minimum Gasteiger partial charge on any atom is -0.496 e. The predicted octanol–water partition coefficient (Wildman–Crippen LogP) is 3.43. The number of nitrogens with two attached hydrogens (primary N) is 1. The molecule has 4 heteroatoms. The molecule has 2 rings (SSSR count). The van der Waals surface area contributed by atoms with Crippen LogP contribution in [0.5, 0.6) is 5.75 Å². The molecule has 0 saturated heterocycles. The summed E-state index contributed by atoms with van der Waals surface area (Å²) in [6, 6.07) is 13.1. The lowest BCUT2D eigenvalue weighted by molar-refractivity contribution is 0.145. The van der Waals surface area contributed by atoms with Gasteiger partial charge < -0.3 is 15.6 Å². The largest absolute Gasteiger partial charge is 0.496 e. The first-order valence-corrected chi connectivity index (χ1v) is 7.23. The SMILES string of the molecule is COc1ccc(Cl)cc1C(CN)C(O)c1ccccc1C. The number of methoxy groups -OCH3 is 1. The van der Waals surface area contributed by atoms with Crippen LogP contribution >= 0.6 is 11.6 Å². The van der Waals surface area contributed by atoms with Gasteiger partial charge in [-0.1, -0.05) is 35.9 Å². The van der Waals surface area contributed by atoms with Gasteiger partial charge in [-0.2, -0.15) is 0 Å². The van der Waals surface area contributed by atoms with Crippen LogP contribution in [0.4, 0.5) is 0 Å². The molecule has 3 nitrogen and oxygen atoms in total. The predicted molar refractivity (Wildman–Crippen MR) is 85.9 cm³/mol. The maximum Gasteiger partial charge on any atom is 0.122 e. The Morgan fingerprint density at radius 1 is 1.19 bits per heavy atom. The molecule has 0 saturated carbocycles. The Balaban J connectivity index is 2.44. The van der Waals surface area contributed by atoms with E-state index < -0.39 is 6.10 Å². The van der Waals surface area contributed by atoms with Crippen molar-refractivity contribution in [1.82, 2.24) is 0 Å². The third-order valence-electron chi connectivity index (χ3n) is 3.73. The average molecular weight is 306 g/mol. The highest BCUT2D eigenvalue weighted by atomic mass is 35.5. The minimum atomic E-state index is -0.705. The van der Waals surface area contributed by atoms with E-state index in [1.54, 1.807) is 25.3 Å². The molecule has 3 N–H and O–H groups in total. The Kier molecular flexibility index (Phi) is 5.23. The van der Waals surface area contributed by atoms with E-state index in [9.17, 15) is 5.11 Å². The van der Waals surface area contributed by atoms with Crippen molar-refractivity contribution in [3.63, 3.8) is 0 Å². The van der Waals surface area contributed by atoms with Crippen molar-refractivity contribution in [2.24, 2.45) is 5.73 Å². The molecule has 2 aromatic rings. The first-order valence-electron chi connectivity index (χ1n) is 6.85. The van der Waals surface area contributed by atoms with Crippen LogP contribution in [0.2, 0.25) is 5.02 Å². The molecule has 2 unspecified atom stereocenters. The van der Waals surface area contributed by atoms with Gasteiger partial charge in [-0.25, -0.2) is 0 Å². The van der Waals surface area contributed by atoms with E-state index in [0.717, 1.165) is 16.7 Å². The first-order chi connectivity index (χ1) is 10.1. The van der Waals surface area contributed by atoms with Crippen molar-refractivity contribution in [2.75, 3.05) is 13.7 Å². The number of aryl methyl sites for hydroxylation is 1. The summed E-state index contributed by atoms with van der Waals surface area (Å²) in [4.78, 5) is 0. The van der Waals surface area contributed by atoms with Crippen molar-refractivity contribution < 1.29 is 9.84 Å². The van der Waals surface area contributed by atoms with E-state index >= 15 is 0 Å². The van der Waals surface area contributed by atoms with Gasteiger partial charge in [0.1, 0.15) is 5.75 Å². The fourth-order valence-electron chi connectivity index (χ4n) is 2.56. The maximum absolute atomic E-state index is 10.7. The molecule has 0 bridgehead atoms. The number of benzene rings is 2. The fourth-order valence-corrected chi connectivity index (χ4v) is 2.74. The van der Waals surface area contributed by atoms with Gasteiger partial charge in [0.25, 0.3) is 0 Å². The second-order valence-electron chi connectivity index (χ2n) is 5.03. The van der Waals surface area contributed by atoms with Crippen LogP contribution < -0.4 is 10.5 Å². The molecule has 0 aromatic heterocycles. The average Bonchev–Trinajstić information content (AvgIpc) is 2.48. The van der Waals surface area contributed by atoms with Crippen molar-refractivity contribution in [3.8, 4) is 5.75 Å². The topological polar surface area (TPSA) is 55.5 Å². The summed E-state index contributed by atoms with van der Waals surface area (Å²) in [6.07, 6.45) is -0.705. The van der Waals surface area contributed by atoms with Gasteiger partial charge in [0, 0.05) is 23.0 Å². The first kappa shape index (κ1) is 15.8. The summed E-state index contributed by atoms with van der Waals surface area (Å²) in [7, 11) is 1.60. The monoisotopic (exact) mass is 305 g/mol. The Hall–Kier alpha value is -1.55. The quantitative estimate of drug-likeness (QED) is 0.890. The Morgan fingerprint density at radius 2 is 1.90 bits per heavy atom. The molecule has 2 atom stereocenters. The number of hydrogen-bond acceptors (Lipinski definition) is 3. The molecule has 0 aliphatic carbocycles. The standard InChI is InChI=1S/C17H20ClNO2/c1-11-5-3-4-6-13(11)17(20)15(10-19)14-9-12(18)7-8-16(14)21-2/h3-9,15,17,20H,10,19H2,1-2H3. The molecule has 0 radical (unpaired) electrons. The number of aliphatic hydroxyl groups excluding tert-OH is 1. The zero-order chi connectivity index (χ0) is 15.4. The lowest BCUT2D eigenvalue weighted by Gasteiger charge is -2.25. The molecule has 0 amide bonds. The zero-order valence-corrected chi connectivity index (χ0v) is 13.0. The molecule has 0 heterocycles. The van der Waals surface area contributed by atoms with Gasteiger partial charge in [-0.3, -0.25) is 0 Å². The van der Waals surface area contributed by atoms with E-state index in [4.69, 9.17) is 22.1 Å². The summed E-state index contributed by atoms with van der Waals surface area (Å²) >= 11 is 6.08. The second-order valence-corrected chi connectivity index (χ2v) is 5.47. The number of halogens is 1. The molecule has 0 spiro atoms. The molecule has 2 aromatic carbocycles. The molecule has 112 valence electrons. The van der Waals surface area contributed by atoms with Crippen LogP contribution in [0.25, 0.3) is 0 Å². The van der Waals surface area contributed by atoms with Crippen LogP contribution in [0.15, 0.2) is 42.5 Å². The Labute approximate surface area is 130 Å². The molecule has 0 aliphatic heterocycles. The van der Waals surface area contributed by atoms with Gasteiger partial charge >= 0.3 is 0 Å². The Bertz CT molecular complexity index is 615. The number of aliphatic hydroxyl groups is 1. The molecular formula is C17H20ClNO2. The summed E-state index contributed by atoms with van der Waals surface area (Å²) in [5.74, 6) is 0.405. The summed E-state index contributed by atoms with van der Waals surface area (Å²) in [6.45, 7) is 2.27. The summed E-state index contributed by atoms with van der Waals surface area (Å²) in [5.41, 5.74) is 8.63. The minimum absolute atomic E-state index is 0.278. The highest BCUT2D eigenvalue weighted by molar-refractivity contribution is 6.30. The zero-order valence-electron chi connectivity index (χ0n) is 12.2. The van der Waals surface area contributed by atoms with Gasteiger partial charge in [-0.05, 0) is 36.2 Å². The molecule has 21 heavy (non-hydrogen) atoms. The molecular weight excluding hydrogens is 286 g/mol.